The number of benzene rings is 1. The summed E-state index contributed by atoms with van der Waals surface area (Å²) in [6, 6.07) is 8.70. The van der Waals surface area contributed by atoms with Gasteiger partial charge in [-0.05, 0) is 12.0 Å². The van der Waals surface area contributed by atoms with Gasteiger partial charge in [0.2, 0.25) is 11.8 Å². The minimum atomic E-state index is -0.554. The van der Waals surface area contributed by atoms with E-state index >= 15 is 0 Å². The molecule has 6 heteroatoms. The van der Waals surface area contributed by atoms with Gasteiger partial charge in [-0.25, -0.2) is 4.79 Å². The summed E-state index contributed by atoms with van der Waals surface area (Å²) < 4.78 is 0. The number of hydrogen-bond acceptors (Lipinski definition) is 3. The highest BCUT2D eigenvalue weighted by Crippen LogP contribution is 2.24. The highest BCUT2D eigenvalue weighted by Gasteiger charge is 2.40. The molecule has 2 atom stereocenters. The fourth-order valence-electron chi connectivity index (χ4n) is 2.68. The molecule has 0 aliphatic carbocycles. The van der Waals surface area contributed by atoms with Crippen LogP contribution in [0.3, 0.4) is 0 Å². The maximum atomic E-state index is 12.0. The third-order valence-corrected chi connectivity index (χ3v) is 3.73. The molecule has 2 saturated heterocycles. The molecule has 104 valence electrons. The van der Waals surface area contributed by atoms with Crippen LogP contribution in [0.1, 0.15) is 24.4 Å². The number of imide groups is 1. The second-order valence-electron chi connectivity index (χ2n) is 5.03. The van der Waals surface area contributed by atoms with E-state index in [9.17, 15) is 14.4 Å². The van der Waals surface area contributed by atoms with E-state index in [4.69, 9.17) is 0 Å². The number of piperidine rings is 1. The van der Waals surface area contributed by atoms with E-state index in [2.05, 4.69) is 10.6 Å². The summed E-state index contributed by atoms with van der Waals surface area (Å²) in [5, 5.41) is 5.15. The van der Waals surface area contributed by atoms with Crippen molar-refractivity contribution in [2.45, 2.75) is 24.9 Å². The van der Waals surface area contributed by atoms with E-state index < -0.39 is 6.04 Å². The quantitative estimate of drug-likeness (QED) is 0.773. The molecule has 2 aliphatic rings. The molecule has 2 unspecified atom stereocenters. The van der Waals surface area contributed by atoms with Gasteiger partial charge in [0, 0.05) is 13.0 Å². The molecule has 0 spiro atoms. The van der Waals surface area contributed by atoms with Gasteiger partial charge in [-0.1, -0.05) is 30.3 Å². The van der Waals surface area contributed by atoms with Crippen molar-refractivity contribution in [3.63, 3.8) is 0 Å². The minimum Gasteiger partial charge on any atom is -0.329 e. The molecule has 3 rings (SSSR count). The van der Waals surface area contributed by atoms with Crippen molar-refractivity contribution in [1.29, 1.82) is 0 Å². The first kappa shape index (κ1) is 12.7. The fraction of sp³-hybridized carbons (Fsp3) is 0.357. The first-order chi connectivity index (χ1) is 9.65. The van der Waals surface area contributed by atoms with E-state index in [0.717, 1.165) is 5.56 Å². The molecular formula is C14H15N3O3. The lowest BCUT2D eigenvalue weighted by atomic mass is 10.0. The summed E-state index contributed by atoms with van der Waals surface area (Å²) in [6.07, 6.45) is 0.662. The summed E-state index contributed by atoms with van der Waals surface area (Å²) in [7, 11) is 0. The molecule has 0 saturated carbocycles. The summed E-state index contributed by atoms with van der Waals surface area (Å²) >= 11 is 0. The number of nitrogens with one attached hydrogen (secondary N) is 2. The molecule has 6 nitrogen and oxygen atoms in total. The molecule has 2 heterocycles. The lowest BCUT2D eigenvalue weighted by molar-refractivity contribution is -0.136. The molecule has 1 aromatic carbocycles. The van der Waals surface area contributed by atoms with Crippen LogP contribution in [0.5, 0.6) is 0 Å². The van der Waals surface area contributed by atoms with E-state index in [1.807, 2.05) is 30.3 Å². The van der Waals surface area contributed by atoms with Crippen molar-refractivity contribution in [1.82, 2.24) is 15.5 Å². The zero-order chi connectivity index (χ0) is 14.1. The summed E-state index contributed by atoms with van der Waals surface area (Å²) in [4.78, 5) is 36.5. The van der Waals surface area contributed by atoms with Gasteiger partial charge in [-0.15, -0.1) is 0 Å². The molecule has 4 amide bonds. The van der Waals surface area contributed by atoms with Gasteiger partial charge in [0.15, 0.2) is 0 Å². The van der Waals surface area contributed by atoms with Crippen LogP contribution in [0.4, 0.5) is 4.79 Å². The van der Waals surface area contributed by atoms with Gasteiger partial charge in [0.25, 0.3) is 0 Å². The van der Waals surface area contributed by atoms with Crippen LogP contribution in [-0.4, -0.2) is 35.3 Å². The van der Waals surface area contributed by atoms with Crippen molar-refractivity contribution < 1.29 is 14.4 Å². The lowest BCUT2D eigenvalue weighted by Crippen LogP contribution is -2.53. The Hall–Kier alpha value is -2.37. The average molecular weight is 273 g/mol. The molecule has 1 aromatic rings. The lowest BCUT2D eigenvalue weighted by Gasteiger charge is -2.28. The third-order valence-electron chi connectivity index (χ3n) is 3.73. The second kappa shape index (κ2) is 4.96. The average Bonchev–Trinajstić information content (AvgIpc) is 2.82. The number of urea groups is 1. The molecule has 2 N–H and O–H groups in total. The summed E-state index contributed by atoms with van der Waals surface area (Å²) in [6.45, 7) is 0.440. The summed E-state index contributed by atoms with van der Waals surface area (Å²) in [5.74, 6) is -0.657. The Balaban J connectivity index is 1.74. The first-order valence-corrected chi connectivity index (χ1v) is 6.61. The van der Waals surface area contributed by atoms with Crippen LogP contribution < -0.4 is 10.6 Å². The fourth-order valence-corrected chi connectivity index (χ4v) is 2.68. The molecule has 0 aromatic heterocycles. The third kappa shape index (κ3) is 2.24. The Kier molecular flexibility index (Phi) is 3.14. The number of carbonyl (C=O) groups excluding carboxylic acids is 3. The molecule has 0 bridgehead atoms. The Morgan fingerprint density at radius 3 is 2.55 bits per heavy atom. The predicted molar refractivity (Wildman–Crippen MR) is 70.6 cm³/mol. The monoisotopic (exact) mass is 273 g/mol. The molecular weight excluding hydrogens is 258 g/mol. The van der Waals surface area contributed by atoms with Crippen LogP contribution in [0.25, 0.3) is 0 Å². The van der Waals surface area contributed by atoms with E-state index in [1.54, 1.807) is 0 Å². The van der Waals surface area contributed by atoms with Crippen molar-refractivity contribution >= 4 is 17.8 Å². The van der Waals surface area contributed by atoms with Gasteiger partial charge in [-0.2, -0.15) is 0 Å². The topological polar surface area (TPSA) is 78.5 Å². The van der Waals surface area contributed by atoms with Crippen molar-refractivity contribution in [2.75, 3.05) is 6.54 Å². The van der Waals surface area contributed by atoms with Crippen LogP contribution in [0.15, 0.2) is 30.3 Å². The zero-order valence-electron chi connectivity index (χ0n) is 10.8. The maximum Gasteiger partial charge on any atom is 0.318 e. The van der Waals surface area contributed by atoms with Crippen molar-refractivity contribution in [3.05, 3.63) is 35.9 Å². The normalized spacial score (nSPS) is 26.4. The smallest absolute Gasteiger partial charge is 0.318 e. The molecule has 20 heavy (non-hydrogen) atoms. The van der Waals surface area contributed by atoms with Crippen molar-refractivity contribution in [2.24, 2.45) is 0 Å². The highest BCUT2D eigenvalue weighted by atomic mass is 16.2. The minimum absolute atomic E-state index is 0.117. The van der Waals surface area contributed by atoms with Crippen LogP contribution in [-0.2, 0) is 9.59 Å². The number of amides is 4. The standard InChI is InChI=1S/C14H15N3O3/c18-12-7-6-11(13(19)16-12)17-8-10(15-14(17)20)9-4-2-1-3-5-9/h1-5,10-11H,6-8H2,(H,15,20)(H,16,18,19). The van der Waals surface area contributed by atoms with Gasteiger partial charge in [-0.3, -0.25) is 14.9 Å². The zero-order valence-corrected chi connectivity index (χ0v) is 10.8. The number of rotatable bonds is 2. The van der Waals surface area contributed by atoms with E-state index in [0.29, 0.717) is 13.0 Å². The van der Waals surface area contributed by atoms with E-state index in [-0.39, 0.29) is 30.3 Å². The molecule has 2 fully saturated rings. The Morgan fingerprint density at radius 1 is 1.10 bits per heavy atom. The Morgan fingerprint density at radius 2 is 1.85 bits per heavy atom. The van der Waals surface area contributed by atoms with Crippen molar-refractivity contribution in [3.8, 4) is 0 Å². The van der Waals surface area contributed by atoms with Gasteiger partial charge in [0.05, 0.1) is 6.04 Å². The molecule has 0 radical (unpaired) electrons. The largest absolute Gasteiger partial charge is 0.329 e. The van der Waals surface area contributed by atoms with Crippen LogP contribution in [0, 0.1) is 0 Å². The Labute approximate surface area is 116 Å². The van der Waals surface area contributed by atoms with Gasteiger partial charge in [0.1, 0.15) is 6.04 Å². The Bertz CT molecular complexity index is 558. The van der Waals surface area contributed by atoms with E-state index in [1.165, 1.54) is 4.90 Å². The van der Waals surface area contributed by atoms with Gasteiger partial charge >= 0.3 is 6.03 Å². The molecule has 2 aliphatic heterocycles. The number of hydrogen-bond donors (Lipinski definition) is 2. The number of carbonyl (C=O) groups is 3. The van der Waals surface area contributed by atoms with Crippen LogP contribution in [0.2, 0.25) is 0 Å². The van der Waals surface area contributed by atoms with Crippen LogP contribution >= 0.6 is 0 Å². The SMILES string of the molecule is O=C1CCC(N2CC(c3ccccc3)NC2=O)C(=O)N1. The maximum absolute atomic E-state index is 12.0. The second-order valence-corrected chi connectivity index (χ2v) is 5.03. The predicted octanol–water partition coefficient (Wildman–Crippen LogP) is 0.558. The number of nitrogens with zero attached hydrogens (tertiary/aromatic N) is 1. The van der Waals surface area contributed by atoms with Gasteiger partial charge < -0.3 is 10.2 Å². The highest BCUT2D eigenvalue weighted by molar-refractivity contribution is 6.01. The first-order valence-electron chi connectivity index (χ1n) is 6.61. The summed E-state index contributed by atoms with van der Waals surface area (Å²) in [5.41, 5.74) is 1.01.